The first-order valence-electron chi connectivity index (χ1n) is 7.85. The van der Waals surface area contributed by atoms with Gasteiger partial charge in [0.05, 0.1) is 6.54 Å². The third-order valence-electron chi connectivity index (χ3n) is 3.49. The van der Waals surface area contributed by atoms with Crippen LogP contribution in [0.15, 0.2) is 59.3 Å². The summed E-state index contributed by atoms with van der Waals surface area (Å²) in [5, 5.41) is 6.52. The second-order valence-corrected chi connectivity index (χ2v) is 5.52. The number of halogens is 1. The zero-order chi connectivity index (χ0) is 18.5. The molecule has 0 spiro atoms. The minimum Gasteiger partial charge on any atom is -0.452 e. The maximum absolute atomic E-state index is 13.1. The second-order valence-electron chi connectivity index (χ2n) is 5.52. The number of aromatic nitrogens is 2. The van der Waals surface area contributed by atoms with E-state index in [1.165, 1.54) is 37.3 Å². The van der Waals surface area contributed by atoms with Crippen LogP contribution in [-0.4, -0.2) is 27.8 Å². The molecule has 1 N–H and O–H groups in total. The zero-order valence-electron chi connectivity index (χ0n) is 13.9. The molecular formula is C18H16FN3O4. The smallest absolute Gasteiger partial charge is 0.375 e. The molecule has 0 aliphatic rings. The molecule has 0 aliphatic heterocycles. The number of esters is 1. The third kappa shape index (κ3) is 4.35. The topological polar surface area (TPSA) is 86.4 Å². The number of anilines is 1. The SMILES string of the molecule is CC(OC(=O)c1ccc(Cn2cccn2)o1)C(=O)Nc1cccc(F)c1. The predicted molar refractivity (Wildman–Crippen MR) is 89.9 cm³/mol. The van der Waals surface area contributed by atoms with Gasteiger partial charge < -0.3 is 14.5 Å². The Morgan fingerprint density at radius 3 is 2.88 bits per heavy atom. The molecule has 8 heteroatoms. The van der Waals surface area contributed by atoms with E-state index in [2.05, 4.69) is 10.4 Å². The van der Waals surface area contributed by atoms with Gasteiger partial charge in [-0.25, -0.2) is 9.18 Å². The van der Waals surface area contributed by atoms with Gasteiger partial charge in [0.15, 0.2) is 6.10 Å². The average molecular weight is 357 g/mol. The van der Waals surface area contributed by atoms with Gasteiger partial charge in [-0.2, -0.15) is 5.10 Å². The van der Waals surface area contributed by atoms with Crippen LogP contribution in [0.2, 0.25) is 0 Å². The van der Waals surface area contributed by atoms with E-state index in [4.69, 9.17) is 9.15 Å². The van der Waals surface area contributed by atoms with E-state index in [-0.39, 0.29) is 11.4 Å². The molecule has 0 fully saturated rings. The van der Waals surface area contributed by atoms with E-state index in [1.807, 2.05) is 0 Å². The van der Waals surface area contributed by atoms with Gasteiger partial charge in [-0.05, 0) is 43.3 Å². The van der Waals surface area contributed by atoms with Crippen LogP contribution < -0.4 is 5.32 Å². The highest BCUT2D eigenvalue weighted by molar-refractivity contribution is 5.96. The van der Waals surface area contributed by atoms with Gasteiger partial charge in [0, 0.05) is 18.1 Å². The maximum Gasteiger partial charge on any atom is 0.375 e. The van der Waals surface area contributed by atoms with Gasteiger partial charge in [-0.15, -0.1) is 0 Å². The Labute approximate surface area is 148 Å². The standard InChI is InChI=1S/C18H16FN3O4/c1-12(17(23)21-14-5-2-4-13(19)10-14)25-18(24)16-7-6-15(26-16)11-22-9-3-8-20-22/h2-10,12H,11H2,1H3,(H,21,23). The lowest BCUT2D eigenvalue weighted by molar-refractivity contribution is -0.123. The number of hydrogen-bond acceptors (Lipinski definition) is 5. The maximum atomic E-state index is 13.1. The molecule has 3 rings (SSSR count). The molecule has 0 saturated carbocycles. The first-order chi connectivity index (χ1) is 12.5. The Bertz CT molecular complexity index is 905. The fraction of sp³-hybridized carbons (Fsp3) is 0.167. The van der Waals surface area contributed by atoms with Crippen LogP contribution in [0.25, 0.3) is 0 Å². The molecule has 26 heavy (non-hydrogen) atoms. The van der Waals surface area contributed by atoms with Crippen molar-refractivity contribution in [2.24, 2.45) is 0 Å². The fourth-order valence-electron chi connectivity index (χ4n) is 2.21. The molecule has 7 nitrogen and oxygen atoms in total. The van der Waals surface area contributed by atoms with E-state index >= 15 is 0 Å². The van der Waals surface area contributed by atoms with Gasteiger partial charge in [-0.3, -0.25) is 9.48 Å². The zero-order valence-corrected chi connectivity index (χ0v) is 13.9. The summed E-state index contributed by atoms with van der Waals surface area (Å²) < 4.78 is 25.3. The van der Waals surface area contributed by atoms with Crippen molar-refractivity contribution in [2.75, 3.05) is 5.32 Å². The normalized spacial score (nSPS) is 11.8. The number of hydrogen-bond donors (Lipinski definition) is 1. The molecular weight excluding hydrogens is 341 g/mol. The molecule has 3 aromatic rings. The number of nitrogens with one attached hydrogen (secondary N) is 1. The summed E-state index contributed by atoms with van der Waals surface area (Å²) in [7, 11) is 0. The summed E-state index contributed by atoms with van der Waals surface area (Å²) >= 11 is 0. The van der Waals surface area contributed by atoms with Crippen LogP contribution in [0.5, 0.6) is 0 Å². The van der Waals surface area contributed by atoms with Gasteiger partial charge >= 0.3 is 5.97 Å². The van der Waals surface area contributed by atoms with Crippen LogP contribution in [-0.2, 0) is 16.1 Å². The summed E-state index contributed by atoms with van der Waals surface area (Å²) in [6.07, 6.45) is 2.32. The van der Waals surface area contributed by atoms with E-state index < -0.39 is 23.8 Å². The molecule has 1 unspecified atom stereocenters. The summed E-state index contributed by atoms with van der Waals surface area (Å²) in [6.45, 7) is 1.79. The second kappa shape index (κ2) is 7.64. The lowest BCUT2D eigenvalue weighted by Crippen LogP contribution is -2.29. The van der Waals surface area contributed by atoms with Crippen LogP contribution in [0.4, 0.5) is 10.1 Å². The lowest BCUT2D eigenvalue weighted by atomic mass is 10.3. The predicted octanol–water partition coefficient (Wildman–Crippen LogP) is 2.85. The van der Waals surface area contributed by atoms with Crippen LogP contribution >= 0.6 is 0 Å². The van der Waals surface area contributed by atoms with Crippen molar-refractivity contribution in [2.45, 2.75) is 19.6 Å². The van der Waals surface area contributed by atoms with Crippen molar-refractivity contribution in [1.82, 2.24) is 9.78 Å². The number of carbonyl (C=O) groups excluding carboxylic acids is 2. The average Bonchev–Trinajstić information content (AvgIpc) is 3.27. The molecule has 0 aliphatic carbocycles. The molecule has 0 radical (unpaired) electrons. The van der Waals surface area contributed by atoms with Crippen molar-refractivity contribution >= 4 is 17.6 Å². The molecule has 1 aromatic carbocycles. The molecule has 0 bridgehead atoms. The third-order valence-corrected chi connectivity index (χ3v) is 3.49. The van der Waals surface area contributed by atoms with Gasteiger partial charge in [0.1, 0.15) is 11.6 Å². The minimum absolute atomic E-state index is 0.0161. The lowest BCUT2D eigenvalue weighted by Gasteiger charge is -2.12. The van der Waals surface area contributed by atoms with Crippen molar-refractivity contribution in [1.29, 1.82) is 0 Å². The van der Waals surface area contributed by atoms with Crippen LogP contribution in [0, 0.1) is 5.82 Å². The van der Waals surface area contributed by atoms with E-state index in [9.17, 15) is 14.0 Å². The van der Waals surface area contributed by atoms with E-state index in [1.54, 1.807) is 29.2 Å². The Hall–Kier alpha value is -3.42. The number of carbonyl (C=O) groups is 2. The first-order valence-corrected chi connectivity index (χ1v) is 7.85. The Kier molecular flexibility index (Phi) is 5.12. The van der Waals surface area contributed by atoms with Gasteiger partial charge in [0.2, 0.25) is 5.76 Å². The molecule has 134 valence electrons. The number of amides is 1. The highest BCUT2D eigenvalue weighted by atomic mass is 19.1. The van der Waals surface area contributed by atoms with Gasteiger partial charge in [-0.1, -0.05) is 6.07 Å². The molecule has 1 amide bonds. The summed E-state index contributed by atoms with van der Waals surface area (Å²) in [5.41, 5.74) is 0.275. The monoisotopic (exact) mass is 357 g/mol. The largest absolute Gasteiger partial charge is 0.452 e. The number of ether oxygens (including phenoxy) is 1. The van der Waals surface area contributed by atoms with Crippen LogP contribution in [0.3, 0.4) is 0 Å². The van der Waals surface area contributed by atoms with Crippen molar-refractivity contribution in [3.63, 3.8) is 0 Å². The van der Waals surface area contributed by atoms with Crippen molar-refractivity contribution in [3.05, 3.63) is 72.2 Å². The van der Waals surface area contributed by atoms with Crippen LogP contribution in [0.1, 0.15) is 23.2 Å². The van der Waals surface area contributed by atoms with E-state index in [0.717, 1.165) is 0 Å². The minimum atomic E-state index is -1.08. The molecule has 0 saturated heterocycles. The quantitative estimate of drug-likeness (QED) is 0.686. The summed E-state index contributed by atoms with van der Waals surface area (Å²) in [6, 6.07) is 10.3. The van der Waals surface area contributed by atoms with Crippen molar-refractivity contribution in [3.8, 4) is 0 Å². The number of nitrogens with zero attached hydrogens (tertiary/aromatic N) is 2. The highest BCUT2D eigenvalue weighted by Gasteiger charge is 2.21. The Balaban J connectivity index is 1.56. The number of furan rings is 1. The molecule has 1 atom stereocenters. The molecule has 2 heterocycles. The summed E-state index contributed by atoms with van der Waals surface area (Å²) in [4.78, 5) is 24.2. The Morgan fingerprint density at radius 2 is 2.15 bits per heavy atom. The van der Waals surface area contributed by atoms with E-state index in [0.29, 0.717) is 12.3 Å². The highest BCUT2D eigenvalue weighted by Crippen LogP contribution is 2.13. The number of rotatable bonds is 6. The summed E-state index contributed by atoms with van der Waals surface area (Å²) in [5.74, 6) is -1.31. The first kappa shape index (κ1) is 17.4. The van der Waals surface area contributed by atoms with Crippen molar-refractivity contribution < 1.29 is 23.1 Å². The fourth-order valence-corrected chi connectivity index (χ4v) is 2.21. The number of benzene rings is 1. The Morgan fingerprint density at radius 1 is 1.31 bits per heavy atom. The molecule has 2 aromatic heterocycles. The van der Waals surface area contributed by atoms with Gasteiger partial charge in [0.25, 0.3) is 5.91 Å².